The quantitative estimate of drug-likeness (QED) is 0.412. The van der Waals surface area contributed by atoms with Gasteiger partial charge in [-0.3, -0.25) is 0 Å². The third-order valence-electron chi connectivity index (χ3n) is 1.22. The Kier molecular flexibility index (Phi) is 10.4. The first-order chi connectivity index (χ1) is 6.31. The molecule has 0 radical (unpaired) electrons. The number of rotatable bonds is 9. The van der Waals surface area contributed by atoms with Crippen molar-refractivity contribution in [3.05, 3.63) is 0 Å². The Morgan fingerprint density at radius 1 is 1.15 bits per heavy atom. The van der Waals surface area contributed by atoms with Crippen molar-refractivity contribution in [1.29, 1.82) is 0 Å². The van der Waals surface area contributed by atoms with Crippen molar-refractivity contribution in [3.63, 3.8) is 0 Å². The van der Waals surface area contributed by atoms with Crippen LogP contribution in [-0.4, -0.2) is 51.1 Å². The van der Waals surface area contributed by atoms with E-state index >= 15 is 0 Å². The molecule has 0 rings (SSSR count). The van der Waals surface area contributed by atoms with Crippen LogP contribution < -0.4 is 4.72 Å². The summed E-state index contributed by atoms with van der Waals surface area (Å²) in [5.74, 6) is 0.199. The lowest BCUT2D eigenvalue weighted by Crippen LogP contribution is -2.24. The van der Waals surface area contributed by atoms with Gasteiger partial charge in [0.15, 0.2) is 0 Å². The Balaban J connectivity index is 2.91. The van der Waals surface area contributed by atoms with Gasteiger partial charge in [-0.1, -0.05) is 0 Å². The van der Waals surface area contributed by atoms with Crippen molar-refractivity contribution in [2.75, 3.05) is 46.5 Å². The molecule has 80 valence electrons. The maximum atomic E-state index is 10.8. The van der Waals surface area contributed by atoms with Crippen LogP contribution in [0.4, 0.5) is 0 Å². The van der Waals surface area contributed by atoms with Crippen molar-refractivity contribution in [1.82, 2.24) is 4.72 Å². The Hall–Kier alpha value is 0.150. The van der Waals surface area contributed by atoms with E-state index in [0.717, 1.165) is 0 Å². The standard InChI is InChI=1S/C7H17NO4S/c1-8-13(9)7-12-6-5-11-4-3-10-2/h8H,3-7H2,1-2H3. The average Bonchev–Trinajstić information content (AvgIpc) is 2.16. The molecule has 0 aromatic heterocycles. The van der Waals surface area contributed by atoms with Crippen LogP contribution in [0.2, 0.25) is 0 Å². The van der Waals surface area contributed by atoms with Gasteiger partial charge in [-0.2, -0.15) is 0 Å². The van der Waals surface area contributed by atoms with Gasteiger partial charge in [-0.05, 0) is 0 Å². The summed E-state index contributed by atoms with van der Waals surface area (Å²) < 4.78 is 28.3. The first-order valence-electron chi connectivity index (χ1n) is 4.01. The lowest BCUT2D eigenvalue weighted by atomic mass is 10.7. The van der Waals surface area contributed by atoms with Gasteiger partial charge >= 0.3 is 0 Å². The lowest BCUT2D eigenvalue weighted by Gasteiger charge is -2.08. The third kappa shape index (κ3) is 10.1. The van der Waals surface area contributed by atoms with Crippen LogP contribution in [0.25, 0.3) is 0 Å². The summed E-state index contributed by atoms with van der Waals surface area (Å²) in [4.78, 5) is 0. The van der Waals surface area contributed by atoms with Gasteiger partial charge < -0.3 is 18.8 Å². The fraction of sp³-hybridized carbons (Fsp3) is 1.00. The van der Waals surface area contributed by atoms with Crippen LogP contribution in [0.3, 0.4) is 0 Å². The molecule has 0 amide bonds. The molecule has 0 saturated carbocycles. The van der Waals surface area contributed by atoms with Crippen LogP contribution in [0.5, 0.6) is 0 Å². The van der Waals surface area contributed by atoms with E-state index in [9.17, 15) is 4.55 Å². The summed E-state index contributed by atoms with van der Waals surface area (Å²) >= 11 is -1.09. The SMILES string of the molecule is CN[S+]([O-])COCCOCCOC. The highest BCUT2D eigenvalue weighted by molar-refractivity contribution is 7.89. The van der Waals surface area contributed by atoms with E-state index in [1.54, 1.807) is 14.2 Å². The second kappa shape index (κ2) is 10.2. The molecule has 0 aliphatic carbocycles. The third-order valence-corrected chi connectivity index (χ3v) is 2.06. The molecular formula is C7H17NO4S. The topological polar surface area (TPSA) is 62.8 Å². The molecule has 0 aliphatic rings. The zero-order chi connectivity index (χ0) is 9.94. The number of nitrogens with one attached hydrogen (secondary N) is 1. The second-order valence-electron chi connectivity index (χ2n) is 2.18. The highest BCUT2D eigenvalue weighted by Gasteiger charge is 2.00. The van der Waals surface area contributed by atoms with Gasteiger partial charge in [0.05, 0.1) is 37.8 Å². The molecule has 5 nitrogen and oxygen atoms in total. The molecule has 0 aromatic carbocycles. The van der Waals surface area contributed by atoms with Crippen LogP contribution >= 0.6 is 0 Å². The summed E-state index contributed by atoms with van der Waals surface area (Å²) in [6.07, 6.45) is 0. The van der Waals surface area contributed by atoms with Gasteiger partial charge in [0.25, 0.3) is 0 Å². The maximum absolute atomic E-state index is 10.8. The van der Waals surface area contributed by atoms with E-state index < -0.39 is 11.4 Å². The van der Waals surface area contributed by atoms with Gasteiger partial charge in [0.2, 0.25) is 5.94 Å². The van der Waals surface area contributed by atoms with E-state index in [2.05, 4.69) is 4.72 Å². The molecule has 1 unspecified atom stereocenters. The van der Waals surface area contributed by atoms with Crippen molar-refractivity contribution in [2.24, 2.45) is 0 Å². The highest BCUT2D eigenvalue weighted by Crippen LogP contribution is 1.85. The maximum Gasteiger partial charge on any atom is 0.225 e. The summed E-state index contributed by atoms with van der Waals surface area (Å²) in [6, 6.07) is 0. The zero-order valence-corrected chi connectivity index (χ0v) is 8.89. The van der Waals surface area contributed by atoms with Gasteiger partial charge in [0.1, 0.15) is 0 Å². The molecule has 0 aromatic rings. The largest absolute Gasteiger partial charge is 0.596 e. The van der Waals surface area contributed by atoms with E-state index in [-0.39, 0.29) is 5.94 Å². The molecule has 0 heterocycles. The minimum atomic E-state index is -1.09. The number of hydrogen-bond acceptors (Lipinski definition) is 5. The van der Waals surface area contributed by atoms with Crippen molar-refractivity contribution < 1.29 is 18.8 Å². The van der Waals surface area contributed by atoms with Crippen LogP contribution in [0.15, 0.2) is 0 Å². The van der Waals surface area contributed by atoms with Crippen molar-refractivity contribution >= 4 is 11.4 Å². The number of hydrogen-bond donors (Lipinski definition) is 1. The number of methoxy groups -OCH3 is 1. The molecule has 13 heavy (non-hydrogen) atoms. The first-order valence-corrected chi connectivity index (χ1v) is 5.33. The highest BCUT2D eigenvalue weighted by atomic mass is 32.2. The smallest absolute Gasteiger partial charge is 0.225 e. The lowest BCUT2D eigenvalue weighted by molar-refractivity contribution is 0.0345. The van der Waals surface area contributed by atoms with Gasteiger partial charge in [-0.25, -0.2) is 0 Å². The minimum absolute atomic E-state index is 0.199. The first kappa shape index (κ1) is 13.2. The monoisotopic (exact) mass is 211 g/mol. The summed E-state index contributed by atoms with van der Waals surface area (Å²) in [5, 5.41) is 0. The summed E-state index contributed by atoms with van der Waals surface area (Å²) in [5.41, 5.74) is 0. The average molecular weight is 211 g/mol. The molecule has 0 bridgehead atoms. The number of ether oxygens (including phenoxy) is 3. The Morgan fingerprint density at radius 2 is 1.77 bits per heavy atom. The Labute approximate surface area is 82.0 Å². The predicted octanol–water partition coefficient (Wildman–Crippen LogP) is -0.493. The molecule has 1 atom stereocenters. The van der Waals surface area contributed by atoms with E-state index in [1.807, 2.05) is 0 Å². The molecule has 0 saturated heterocycles. The van der Waals surface area contributed by atoms with E-state index in [1.165, 1.54) is 0 Å². The van der Waals surface area contributed by atoms with Crippen LogP contribution in [-0.2, 0) is 25.6 Å². The van der Waals surface area contributed by atoms with E-state index in [4.69, 9.17) is 14.2 Å². The fourth-order valence-electron chi connectivity index (χ4n) is 0.556. The van der Waals surface area contributed by atoms with Gasteiger partial charge in [0, 0.05) is 14.2 Å². The zero-order valence-electron chi connectivity index (χ0n) is 8.08. The van der Waals surface area contributed by atoms with E-state index in [0.29, 0.717) is 26.4 Å². The molecular weight excluding hydrogens is 194 g/mol. The summed E-state index contributed by atoms with van der Waals surface area (Å²) in [7, 11) is 3.24. The van der Waals surface area contributed by atoms with Gasteiger partial charge in [-0.15, -0.1) is 4.72 Å². The van der Waals surface area contributed by atoms with Crippen molar-refractivity contribution in [2.45, 2.75) is 0 Å². The summed E-state index contributed by atoms with van der Waals surface area (Å²) in [6.45, 7) is 2.11. The van der Waals surface area contributed by atoms with Crippen molar-refractivity contribution in [3.8, 4) is 0 Å². The minimum Gasteiger partial charge on any atom is -0.596 e. The normalized spacial score (nSPS) is 13.2. The molecule has 1 N–H and O–H groups in total. The Morgan fingerprint density at radius 3 is 2.38 bits per heavy atom. The Bertz CT molecular complexity index is 106. The fourth-order valence-corrected chi connectivity index (χ4v) is 0.943. The molecule has 0 aliphatic heterocycles. The molecule has 0 spiro atoms. The van der Waals surface area contributed by atoms with Crippen LogP contribution in [0, 0.1) is 0 Å². The molecule has 0 fully saturated rings. The predicted molar refractivity (Wildman–Crippen MR) is 50.7 cm³/mol. The van der Waals surface area contributed by atoms with Crippen LogP contribution in [0.1, 0.15) is 0 Å². The molecule has 6 heteroatoms. The second-order valence-corrected chi connectivity index (χ2v) is 3.52.